The minimum absolute atomic E-state index is 0.00886. The monoisotopic (exact) mass is 312 g/mol. The van der Waals surface area contributed by atoms with Gasteiger partial charge in [0.25, 0.3) is 5.91 Å². The number of carbonyl (C=O) groups is 2. The van der Waals surface area contributed by atoms with Gasteiger partial charge in [-0.2, -0.15) is 0 Å². The van der Waals surface area contributed by atoms with Crippen LogP contribution < -0.4 is 5.32 Å². The number of nitrogens with one attached hydrogen (secondary N) is 1. The van der Waals surface area contributed by atoms with Gasteiger partial charge >= 0.3 is 0 Å². The van der Waals surface area contributed by atoms with E-state index in [0.29, 0.717) is 23.0 Å². The van der Waals surface area contributed by atoms with E-state index in [4.69, 9.17) is 0 Å². The van der Waals surface area contributed by atoms with Gasteiger partial charge in [-0.3, -0.25) is 9.59 Å². The van der Waals surface area contributed by atoms with Crippen LogP contribution in [0.3, 0.4) is 0 Å². The van der Waals surface area contributed by atoms with Crippen molar-refractivity contribution in [2.24, 2.45) is 0 Å². The third kappa shape index (κ3) is 4.58. The Bertz CT molecular complexity index is 416. The molecule has 0 saturated heterocycles. The number of hydrogen-bond donors (Lipinski definition) is 1. The lowest BCUT2D eigenvalue weighted by Gasteiger charge is -2.10. The summed E-state index contributed by atoms with van der Waals surface area (Å²) in [7, 11) is 3.90. The number of likely N-dealkylation sites (N-methyl/N-ethyl adjacent to an activating group) is 1. The highest BCUT2D eigenvalue weighted by molar-refractivity contribution is 9.09. The van der Waals surface area contributed by atoms with Gasteiger partial charge in [0.2, 0.25) is 0 Å². The minimum Gasteiger partial charge on any atom is -0.351 e. The number of halogens is 1. The molecule has 0 aliphatic heterocycles. The van der Waals surface area contributed by atoms with Gasteiger partial charge < -0.3 is 10.2 Å². The zero-order valence-corrected chi connectivity index (χ0v) is 12.2. The van der Waals surface area contributed by atoms with Crippen molar-refractivity contribution in [1.29, 1.82) is 0 Å². The second-order valence-corrected chi connectivity index (χ2v) is 4.75. The van der Waals surface area contributed by atoms with E-state index in [1.807, 2.05) is 19.0 Å². The molecular formula is C13H17BrN2O2. The molecule has 0 fully saturated rings. The van der Waals surface area contributed by atoms with Crippen LogP contribution in [0.15, 0.2) is 24.3 Å². The number of alkyl halides is 1. The van der Waals surface area contributed by atoms with E-state index in [1.54, 1.807) is 24.3 Å². The summed E-state index contributed by atoms with van der Waals surface area (Å²) in [6.07, 6.45) is 0. The molecule has 5 heteroatoms. The molecule has 1 aromatic rings. The van der Waals surface area contributed by atoms with Crippen molar-refractivity contribution in [2.75, 3.05) is 32.5 Å². The van der Waals surface area contributed by atoms with Crippen LogP contribution in [0.2, 0.25) is 0 Å². The molecule has 1 N–H and O–H groups in total. The van der Waals surface area contributed by atoms with E-state index in [-0.39, 0.29) is 11.7 Å². The summed E-state index contributed by atoms with van der Waals surface area (Å²) in [5.74, 6) is -0.107. The van der Waals surface area contributed by atoms with Gasteiger partial charge in [0.15, 0.2) is 5.78 Å². The molecule has 18 heavy (non-hydrogen) atoms. The third-order valence-electron chi connectivity index (χ3n) is 2.44. The lowest BCUT2D eigenvalue weighted by atomic mass is 10.1. The Morgan fingerprint density at radius 3 is 2.22 bits per heavy atom. The summed E-state index contributed by atoms with van der Waals surface area (Å²) < 4.78 is 0. The minimum atomic E-state index is -0.116. The first-order valence-corrected chi connectivity index (χ1v) is 6.79. The Balaban J connectivity index is 2.56. The smallest absolute Gasteiger partial charge is 0.251 e. The summed E-state index contributed by atoms with van der Waals surface area (Å²) >= 11 is 3.11. The van der Waals surface area contributed by atoms with Crippen molar-refractivity contribution >= 4 is 27.6 Å². The number of benzene rings is 1. The lowest BCUT2D eigenvalue weighted by Crippen LogP contribution is -2.31. The molecule has 0 spiro atoms. The van der Waals surface area contributed by atoms with E-state index in [2.05, 4.69) is 21.2 Å². The number of rotatable bonds is 6. The molecule has 0 saturated carbocycles. The van der Waals surface area contributed by atoms with Crippen LogP contribution in [-0.4, -0.2) is 49.1 Å². The fraction of sp³-hybridized carbons (Fsp3) is 0.385. The molecule has 4 nitrogen and oxygen atoms in total. The van der Waals surface area contributed by atoms with Crippen molar-refractivity contribution in [3.8, 4) is 0 Å². The maximum atomic E-state index is 11.8. The maximum Gasteiger partial charge on any atom is 0.251 e. The Morgan fingerprint density at radius 2 is 1.72 bits per heavy atom. The van der Waals surface area contributed by atoms with E-state index in [0.717, 1.165) is 6.54 Å². The van der Waals surface area contributed by atoms with Crippen LogP contribution in [0.1, 0.15) is 20.7 Å². The second-order valence-electron chi connectivity index (χ2n) is 4.19. The molecular weight excluding hydrogens is 296 g/mol. The number of amides is 1. The summed E-state index contributed by atoms with van der Waals surface area (Å²) in [6, 6.07) is 6.68. The molecule has 1 amide bonds. The van der Waals surface area contributed by atoms with Crippen molar-refractivity contribution in [3.05, 3.63) is 35.4 Å². The van der Waals surface area contributed by atoms with E-state index >= 15 is 0 Å². The van der Waals surface area contributed by atoms with Crippen molar-refractivity contribution in [3.63, 3.8) is 0 Å². The Hall–Kier alpha value is -1.20. The standard InChI is InChI=1S/C13H17BrN2O2/c1-16(2)8-7-15-13(18)11-5-3-10(4-6-11)12(17)9-14/h3-6H,7-9H2,1-2H3,(H,15,18). The van der Waals surface area contributed by atoms with Crippen LogP contribution in [0, 0.1) is 0 Å². The largest absolute Gasteiger partial charge is 0.351 e. The van der Waals surface area contributed by atoms with Crippen LogP contribution in [0.4, 0.5) is 0 Å². The fourth-order valence-electron chi connectivity index (χ4n) is 1.38. The molecule has 0 heterocycles. The highest BCUT2D eigenvalue weighted by Crippen LogP contribution is 2.06. The van der Waals surface area contributed by atoms with E-state index in [1.165, 1.54) is 0 Å². The van der Waals surface area contributed by atoms with E-state index < -0.39 is 0 Å². The number of carbonyl (C=O) groups excluding carboxylic acids is 2. The normalized spacial score (nSPS) is 10.4. The van der Waals surface area contributed by atoms with Gasteiger partial charge in [0.05, 0.1) is 5.33 Å². The molecule has 1 aromatic carbocycles. The highest BCUT2D eigenvalue weighted by atomic mass is 79.9. The topological polar surface area (TPSA) is 49.4 Å². The van der Waals surface area contributed by atoms with E-state index in [9.17, 15) is 9.59 Å². The van der Waals surface area contributed by atoms with Crippen LogP contribution in [0.5, 0.6) is 0 Å². The van der Waals surface area contributed by atoms with Gasteiger partial charge in [-0.05, 0) is 26.2 Å². The van der Waals surface area contributed by atoms with Crippen molar-refractivity contribution in [2.45, 2.75) is 0 Å². The number of Topliss-reactive ketones (excluding diaryl/α,β-unsaturated/α-hetero) is 1. The van der Waals surface area contributed by atoms with Crippen molar-refractivity contribution < 1.29 is 9.59 Å². The maximum absolute atomic E-state index is 11.8. The predicted octanol–water partition coefficient (Wildman–Crippen LogP) is 1.56. The molecule has 0 aliphatic carbocycles. The summed E-state index contributed by atoms with van der Waals surface area (Å²) in [4.78, 5) is 25.1. The van der Waals surface area contributed by atoms with Gasteiger partial charge in [0.1, 0.15) is 0 Å². The van der Waals surface area contributed by atoms with Crippen LogP contribution in [-0.2, 0) is 0 Å². The molecule has 0 aliphatic rings. The molecule has 0 radical (unpaired) electrons. The zero-order valence-electron chi connectivity index (χ0n) is 10.6. The van der Waals surface area contributed by atoms with Gasteiger partial charge in [0, 0.05) is 24.2 Å². The van der Waals surface area contributed by atoms with Gasteiger partial charge in [-0.25, -0.2) is 0 Å². The fourth-order valence-corrected chi connectivity index (χ4v) is 1.70. The summed E-state index contributed by atoms with van der Waals surface area (Å²) in [6.45, 7) is 1.40. The molecule has 1 rings (SSSR count). The SMILES string of the molecule is CN(C)CCNC(=O)c1ccc(C(=O)CBr)cc1. The third-order valence-corrected chi connectivity index (χ3v) is 2.94. The average Bonchev–Trinajstić information content (AvgIpc) is 2.37. The quantitative estimate of drug-likeness (QED) is 0.640. The van der Waals surface area contributed by atoms with Crippen LogP contribution >= 0.6 is 15.9 Å². The molecule has 0 bridgehead atoms. The Labute approximate surface area is 115 Å². The molecule has 98 valence electrons. The van der Waals surface area contributed by atoms with Gasteiger partial charge in [-0.15, -0.1) is 0 Å². The summed E-state index contributed by atoms with van der Waals surface area (Å²) in [5, 5.41) is 3.11. The summed E-state index contributed by atoms with van der Waals surface area (Å²) in [5.41, 5.74) is 1.18. The predicted molar refractivity (Wildman–Crippen MR) is 75.5 cm³/mol. The number of nitrogens with zero attached hydrogens (tertiary/aromatic N) is 1. The number of ketones is 1. The Kier molecular flexibility index (Phi) is 6.01. The highest BCUT2D eigenvalue weighted by Gasteiger charge is 2.07. The average molecular weight is 313 g/mol. The first-order chi connectivity index (χ1) is 8.54. The second kappa shape index (κ2) is 7.28. The van der Waals surface area contributed by atoms with Crippen molar-refractivity contribution in [1.82, 2.24) is 10.2 Å². The van der Waals surface area contributed by atoms with Crippen LogP contribution in [0.25, 0.3) is 0 Å². The zero-order chi connectivity index (χ0) is 13.5. The first-order valence-electron chi connectivity index (χ1n) is 5.66. The molecule has 0 aromatic heterocycles. The first kappa shape index (κ1) is 14.9. The lowest BCUT2D eigenvalue weighted by molar-refractivity contribution is 0.0949. The molecule has 0 atom stereocenters. The van der Waals surface area contributed by atoms with Gasteiger partial charge in [-0.1, -0.05) is 28.1 Å². The number of hydrogen-bond acceptors (Lipinski definition) is 3. The Morgan fingerprint density at radius 1 is 1.17 bits per heavy atom. The molecule has 0 unspecified atom stereocenters.